The molecule has 0 atom stereocenters. The lowest BCUT2D eigenvalue weighted by Crippen LogP contribution is -2.26. The van der Waals surface area contributed by atoms with Crippen LogP contribution in [-0.2, 0) is 4.79 Å². The molecule has 9 heavy (non-hydrogen) atoms. The lowest BCUT2D eigenvalue weighted by Gasteiger charge is -2.07. The van der Waals surface area contributed by atoms with E-state index >= 15 is 0 Å². The first-order valence-corrected chi connectivity index (χ1v) is 2.69. The minimum absolute atomic E-state index is 0.295. The van der Waals surface area contributed by atoms with Gasteiger partial charge in [0.25, 0.3) is 0 Å². The first-order valence-electron chi connectivity index (χ1n) is 2.69. The topological polar surface area (TPSA) is 40.5 Å². The molecule has 0 fully saturated rings. The van der Waals surface area contributed by atoms with Crippen LogP contribution in [0.3, 0.4) is 0 Å². The quantitative estimate of drug-likeness (QED) is 0.328. The molecule has 0 heterocycles. The molecular weight excluding hydrogens is 118 g/mol. The van der Waals surface area contributed by atoms with Crippen LogP contribution in [0.25, 0.3) is 0 Å². The van der Waals surface area contributed by atoms with Crippen LogP contribution in [0.5, 0.6) is 0 Å². The maximum atomic E-state index is 10.3. The van der Waals surface area contributed by atoms with Gasteiger partial charge in [-0.1, -0.05) is 6.92 Å². The van der Waals surface area contributed by atoms with E-state index < -0.39 is 5.91 Å². The Morgan fingerprint density at radius 3 is 2.78 bits per heavy atom. The van der Waals surface area contributed by atoms with Crippen LogP contribution in [0, 0.1) is 12.3 Å². The van der Waals surface area contributed by atoms with Crippen molar-refractivity contribution in [2.24, 2.45) is 0 Å². The molecule has 0 aliphatic rings. The Labute approximate surface area is 54.2 Å². The molecule has 1 N–H and O–H groups in total. The maximum absolute atomic E-state index is 10.3. The van der Waals surface area contributed by atoms with Crippen LogP contribution in [0.4, 0.5) is 0 Å². The number of carbonyl (C=O) groups excluding carboxylic acids is 1. The molecule has 0 bridgehead atoms. The second kappa shape index (κ2) is 3.93. The Morgan fingerprint density at radius 2 is 2.44 bits per heavy atom. The summed E-state index contributed by atoms with van der Waals surface area (Å²) in [5, 5.41) is 9.19. The predicted molar refractivity (Wildman–Crippen MR) is 32.6 cm³/mol. The molecule has 1 amide bonds. The number of hydrogen-bond donors (Lipinski definition) is 1. The van der Waals surface area contributed by atoms with Crippen molar-refractivity contribution in [2.45, 2.75) is 13.3 Å². The molecule has 0 rings (SSSR count). The molecule has 0 radical (unpaired) electrons. The number of terminal acetylenes is 1. The highest BCUT2D eigenvalue weighted by Gasteiger charge is 2.03. The zero-order valence-electron chi connectivity index (χ0n) is 5.29. The van der Waals surface area contributed by atoms with Crippen LogP contribution >= 0.6 is 0 Å². The second-order valence-electron chi connectivity index (χ2n) is 1.57. The van der Waals surface area contributed by atoms with Crippen molar-refractivity contribution in [1.29, 1.82) is 0 Å². The van der Waals surface area contributed by atoms with Crippen molar-refractivity contribution in [3.63, 3.8) is 0 Å². The molecule has 0 aromatic carbocycles. The van der Waals surface area contributed by atoms with Gasteiger partial charge in [-0.25, -0.2) is 5.06 Å². The molecule has 0 unspecified atom stereocenters. The smallest absolute Gasteiger partial charge is 0.285 e. The highest BCUT2D eigenvalue weighted by Crippen LogP contribution is 1.84. The normalized spacial score (nSPS) is 8.11. The summed E-state index contributed by atoms with van der Waals surface area (Å²) in [6.45, 7) is 2.13. The summed E-state index contributed by atoms with van der Waals surface area (Å²) in [4.78, 5) is 10.3. The average Bonchev–Trinajstić information content (AvgIpc) is 1.87. The highest BCUT2D eigenvalue weighted by molar-refractivity contribution is 5.91. The fourth-order valence-electron chi connectivity index (χ4n) is 0.388. The molecule has 0 aliphatic carbocycles. The van der Waals surface area contributed by atoms with Crippen molar-refractivity contribution in [3.8, 4) is 12.3 Å². The van der Waals surface area contributed by atoms with E-state index in [9.17, 15) is 4.79 Å². The first-order chi connectivity index (χ1) is 4.22. The third kappa shape index (κ3) is 2.73. The minimum Gasteiger partial charge on any atom is -0.285 e. The van der Waals surface area contributed by atoms with Crippen molar-refractivity contribution in [2.75, 3.05) is 6.54 Å². The van der Waals surface area contributed by atoms with E-state index in [1.165, 1.54) is 0 Å². The maximum Gasteiger partial charge on any atom is 0.321 e. The van der Waals surface area contributed by atoms with Gasteiger partial charge >= 0.3 is 5.91 Å². The molecule has 0 saturated heterocycles. The molecular formula is C6H9NO2. The lowest BCUT2D eigenvalue weighted by atomic mass is 10.4. The molecule has 50 valence electrons. The summed E-state index contributed by atoms with van der Waals surface area (Å²) in [5.41, 5.74) is 0. The van der Waals surface area contributed by atoms with Gasteiger partial charge in [-0.2, -0.15) is 0 Å². The van der Waals surface area contributed by atoms with Crippen molar-refractivity contribution in [3.05, 3.63) is 0 Å². The summed E-state index contributed by atoms with van der Waals surface area (Å²) >= 11 is 0. The molecule has 0 aromatic heterocycles. The minimum atomic E-state index is -0.683. The van der Waals surface area contributed by atoms with E-state index in [1.807, 2.05) is 6.92 Å². The fourth-order valence-corrected chi connectivity index (χ4v) is 0.388. The van der Waals surface area contributed by atoms with E-state index in [2.05, 4.69) is 0 Å². The fraction of sp³-hybridized carbons (Fsp3) is 0.500. The molecule has 3 heteroatoms. The van der Waals surface area contributed by atoms with E-state index in [0.717, 1.165) is 0 Å². The number of amides is 1. The van der Waals surface area contributed by atoms with Crippen molar-refractivity contribution in [1.82, 2.24) is 5.06 Å². The van der Waals surface area contributed by atoms with Crippen LogP contribution < -0.4 is 0 Å². The Bertz CT molecular complexity index is 136. The summed E-state index contributed by atoms with van der Waals surface area (Å²) in [6, 6.07) is 0. The second-order valence-corrected chi connectivity index (χ2v) is 1.57. The van der Waals surface area contributed by atoms with Gasteiger partial charge in [0.2, 0.25) is 0 Å². The van der Waals surface area contributed by atoms with Gasteiger partial charge in [0.1, 0.15) is 0 Å². The molecule has 0 aliphatic heterocycles. The van der Waals surface area contributed by atoms with Gasteiger partial charge in [0, 0.05) is 6.54 Å². The zero-order chi connectivity index (χ0) is 7.28. The van der Waals surface area contributed by atoms with Gasteiger partial charge < -0.3 is 0 Å². The zero-order valence-corrected chi connectivity index (χ0v) is 5.29. The van der Waals surface area contributed by atoms with E-state index in [1.54, 1.807) is 5.92 Å². The van der Waals surface area contributed by atoms with Gasteiger partial charge in [0.15, 0.2) is 0 Å². The van der Waals surface area contributed by atoms with Gasteiger partial charge in [0.05, 0.1) is 0 Å². The number of hydroxylamine groups is 2. The summed E-state index contributed by atoms with van der Waals surface area (Å²) in [5.74, 6) is 1.10. The first kappa shape index (κ1) is 7.99. The van der Waals surface area contributed by atoms with E-state index in [4.69, 9.17) is 11.6 Å². The molecule has 0 spiro atoms. The van der Waals surface area contributed by atoms with Gasteiger partial charge in [-0.05, 0) is 12.3 Å². The Kier molecular flexibility index (Phi) is 3.49. The summed E-state index contributed by atoms with van der Waals surface area (Å²) < 4.78 is 0. The highest BCUT2D eigenvalue weighted by atomic mass is 16.5. The molecule has 0 saturated carbocycles. The number of rotatable bonds is 2. The average molecular weight is 127 g/mol. The van der Waals surface area contributed by atoms with Crippen molar-refractivity contribution >= 4 is 5.91 Å². The van der Waals surface area contributed by atoms with Gasteiger partial charge in [-0.3, -0.25) is 10.0 Å². The number of nitrogens with zero attached hydrogens (tertiary/aromatic N) is 1. The number of carbonyl (C=O) groups is 1. The lowest BCUT2D eigenvalue weighted by molar-refractivity contribution is -0.158. The van der Waals surface area contributed by atoms with Crippen molar-refractivity contribution < 1.29 is 10.0 Å². The van der Waals surface area contributed by atoms with Crippen LogP contribution in [0.2, 0.25) is 0 Å². The third-order valence-electron chi connectivity index (χ3n) is 0.793. The van der Waals surface area contributed by atoms with Crippen LogP contribution in [0.15, 0.2) is 0 Å². The molecule has 0 aromatic rings. The Hall–Kier alpha value is -1.01. The Balaban J connectivity index is 3.62. The van der Waals surface area contributed by atoms with E-state index in [0.29, 0.717) is 18.0 Å². The van der Waals surface area contributed by atoms with Gasteiger partial charge in [-0.15, -0.1) is 6.42 Å². The standard InChI is InChI=1S/C6H9NO2/c1-3-5-7(9)6(8)4-2/h2,9H,3,5H2,1H3. The third-order valence-corrected chi connectivity index (χ3v) is 0.793. The van der Waals surface area contributed by atoms with Crippen LogP contribution in [-0.4, -0.2) is 22.7 Å². The predicted octanol–water partition coefficient (Wildman–Crippen LogP) is 0.247. The summed E-state index contributed by atoms with van der Waals surface area (Å²) in [7, 11) is 0. The monoisotopic (exact) mass is 127 g/mol. The number of hydrogen-bond acceptors (Lipinski definition) is 2. The largest absolute Gasteiger partial charge is 0.321 e. The SMILES string of the molecule is C#CC(=O)N(O)CCC. The van der Waals surface area contributed by atoms with E-state index in [-0.39, 0.29) is 0 Å². The van der Waals surface area contributed by atoms with Crippen LogP contribution in [0.1, 0.15) is 13.3 Å². The summed E-state index contributed by atoms with van der Waals surface area (Å²) in [6.07, 6.45) is 5.40. The Morgan fingerprint density at radius 1 is 1.89 bits per heavy atom. The molecule has 3 nitrogen and oxygen atoms in total.